The van der Waals surface area contributed by atoms with E-state index in [4.69, 9.17) is 9.47 Å². The van der Waals surface area contributed by atoms with E-state index < -0.39 is 16.1 Å². The number of rotatable bonds is 14. The van der Waals surface area contributed by atoms with Gasteiger partial charge in [-0.25, -0.2) is 8.42 Å². The van der Waals surface area contributed by atoms with Crippen molar-refractivity contribution in [1.29, 1.82) is 0 Å². The fourth-order valence-electron chi connectivity index (χ4n) is 5.12. The molecule has 1 N–H and O–H groups in total. The van der Waals surface area contributed by atoms with Crippen LogP contribution in [0.5, 0.6) is 11.5 Å². The van der Waals surface area contributed by atoms with Gasteiger partial charge in [0, 0.05) is 38.5 Å². The van der Waals surface area contributed by atoms with Crippen molar-refractivity contribution in [1.82, 2.24) is 10.2 Å². The monoisotopic (exact) mass is 607 g/mol. The van der Waals surface area contributed by atoms with Crippen molar-refractivity contribution in [3.8, 4) is 11.5 Å². The Labute approximate surface area is 254 Å². The summed E-state index contributed by atoms with van der Waals surface area (Å²) in [5.41, 5.74) is 3.37. The third-order valence-corrected chi connectivity index (χ3v) is 8.42. The maximum atomic E-state index is 13.9. The summed E-state index contributed by atoms with van der Waals surface area (Å²) in [5.74, 6) is 0.626. The Morgan fingerprint density at radius 2 is 1.65 bits per heavy atom. The summed E-state index contributed by atoms with van der Waals surface area (Å²) in [4.78, 5) is 29.1. The molecule has 1 aliphatic rings. The average molecular weight is 608 g/mol. The molecular weight excluding hydrogens is 566 g/mol. The summed E-state index contributed by atoms with van der Waals surface area (Å²) in [7, 11) is -3.65. The second kappa shape index (κ2) is 14.9. The van der Waals surface area contributed by atoms with Crippen LogP contribution in [0.25, 0.3) is 0 Å². The van der Waals surface area contributed by atoms with Gasteiger partial charge in [0.2, 0.25) is 21.8 Å². The van der Waals surface area contributed by atoms with Gasteiger partial charge in [-0.05, 0) is 43.0 Å². The molecule has 1 aliphatic heterocycles. The molecule has 0 fully saturated rings. The van der Waals surface area contributed by atoms with Crippen LogP contribution in [0.4, 0.5) is 5.69 Å². The first-order valence-electron chi connectivity index (χ1n) is 14.7. The molecule has 0 aliphatic carbocycles. The van der Waals surface area contributed by atoms with Crippen molar-refractivity contribution in [3.63, 3.8) is 0 Å². The molecule has 0 saturated heterocycles. The smallest absolute Gasteiger partial charge is 0.243 e. The highest BCUT2D eigenvalue weighted by Gasteiger charge is 2.30. The first-order chi connectivity index (χ1) is 20.7. The molecule has 0 unspecified atom stereocenters. The molecule has 4 rings (SSSR count). The molecule has 0 saturated carbocycles. The summed E-state index contributed by atoms with van der Waals surface area (Å²) < 4.78 is 38.1. The van der Waals surface area contributed by atoms with E-state index in [0.29, 0.717) is 43.4 Å². The van der Waals surface area contributed by atoms with Crippen LogP contribution in [-0.2, 0) is 32.6 Å². The Bertz CT molecular complexity index is 1500. The highest BCUT2D eigenvalue weighted by atomic mass is 32.2. The lowest BCUT2D eigenvalue weighted by atomic mass is 10.0. The Morgan fingerprint density at radius 3 is 2.35 bits per heavy atom. The molecule has 230 valence electrons. The molecule has 0 aromatic heterocycles. The van der Waals surface area contributed by atoms with Gasteiger partial charge in [-0.3, -0.25) is 13.9 Å². The number of anilines is 1. The molecular formula is C33H41N3O6S. The number of carbonyl (C=O) groups excluding carboxylic acids is 2. The van der Waals surface area contributed by atoms with E-state index in [1.54, 1.807) is 23.1 Å². The molecule has 0 spiro atoms. The third kappa shape index (κ3) is 8.97. The van der Waals surface area contributed by atoms with Gasteiger partial charge in [0.05, 0.1) is 11.9 Å². The maximum Gasteiger partial charge on any atom is 0.243 e. The summed E-state index contributed by atoms with van der Waals surface area (Å²) in [5, 5.41) is 2.98. The second-order valence-corrected chi connectivity index (χ2v) is 12.7. The average Bonchev–Trinajstić information content (AvgIpc) is 2.99. The zero-order valence-electron chi connectivity index (χ0n) is 25.1. The van der Waals surface area contributed by atoms with E-state index in [-0.39, 0.29) is 37.7 Å². The van der Waals surface area contributed by atoms with Crippen molar-refractivity contribution in [2.24, 2.45) is 0 Å². The van der Waals surface area contributed by atoms with Crippen molar-refractivity contribution in [2.75, 3.05) is 36.9 Å². The van der Waals surface area contributed by atoms with Crippen LogP contribution >= 0.6 is 0 Å². The number of hydrogen-bond acceptors (Lipinski definition) is 6. The lowest BCUT2D eigenvalue weighted by Crippen LogP contribution is -2.50. The van der Waals surface area contributed by atoms with Gasteiger partial charge >= 0.3 is 0 Å². The number of nitrogens with zero attached hydrogens (tertiary/aromatic N) is 2. The van der Waals surface area contributed by atoms with E-state index in [1.165, 1.54) is 4.31 Å². The van der Waals surface area contributed by atoms with Gasteiger partial charge in [-0.2, -0.15) is 0 Å². The number of amides is 2. The number of hydrogen-bond donors (Lipinski definition) is 1. The summed E-state index contributed by atoms with van der Waals surface area (Å²) in [6, 6.07) is 21.8. The van der Waals surface area contributed by atoms with Crippen LogP contribution in [0.15, 0.2) is 72.8 Å². The van der Waals surface area contributed by atoms with Gasteiger partial charge < -0.3 is 19.7 Å². The highest BCUT2D eigenvalue weighted by Crippen LogP contribution is 2.34. The summed E-state index contributed by atoms with van der Waals surface area (Å²) in [6.45, 7) is 5.65. The predicted octanol–water partition coefficient (Wildman–Crippen LogP) is 4.48. The highest BCUT2D eigenvalue weighted by molar-refractivity contribution is 7.92. The van der Waals surface area contributed by atoms with Crippen LogP contribution in [0, 0.1) is 6.92 Å². The standard InChI is InChI=1S/C33H41N3O6S/c1-4-17-34-33(38)29(22-26-11-6-5-7-12-26)35(24-27-13-8-10-25(2)21-27)32(37)14-9-18-36(43(3,39)40)28-15-16-30-31(23-28)42-20-19-41-30/h5-8,10-13,15-16,21,23,29H,4,9,14,17-20,22,24H2,1-3H3,(H,34,38)/t29-/m1/s1. The lowest BCUT2D eigenvalue weighted by molar-refractivity contribution is -0.141. The minimum Gasteiger partial charge on any atom is -0.486 e. The molecule has 10 heteroatoms. The minimum absolute atomic E-state index is 0.0642. The van der Waals surface area contributed by atoms with Crippen LogP contribution in [0.3, 0.4) is 0 Å². The predicted molar refractivity (Wildman–Crippen MR) is 168 cm³/mol. The van der Waals surface area contributed by atoms with Crippen LogP contribution in [0.2, 0.25) is 0 Å². The molecule has 1 atom stereocenters. The second-order valence-electron chi connectivity index (χ2n) is 10.8. The maximum absolute atomic E-state index is 13.9. The van der Waals surface area contributed by atoms with Gasteiger partial charge in [-0.1, -0.05) is 67.1 Å². The third-order valence-electron chi connectivity index (χ3n) is 7.22. The van der Waals surface area contributed by atoms with E-state index in [9.17, 15) is 18.0 Å². The number of ether oxygens (including phenoxy) is 2. The number of fused-ring (bicyclic) bond motifs is 1. The lowest BCUT2D eigenvalue weighted by Gasteiger charge is -2.32. The zero-order chi connectivity index (χ0) is 30.8. The minimum atomic E-state index is -3.65. The van der Waals surface area contributed by atoms with Crippen molar-refractivity contribution >= 4 is 27.5 Å². The Kier molecular flexibility index (Phi) is 11.1. The van der Waals surface area contributed by atoms with Crippen LogP contribution in [0.1, 0.15) is 42.9 Å². The molecule has 0 radical (unpaired) electrons. The van der Waals surface area contributed by atoms with Crippen molar-refractivity contribution < 1.29 is 27.5 Å². The first kappa shape index (κ1) is 31.9. The van der Waals surface area contributed by atoms with Gasteiger partial charge in [0.25, 0.3) is 0 Å². The number of nitrogens with one attached hydrogen (secondary N) is 1. The fourth-order valence-corrected chi connectivity index (χ4v) is 6.08. The van der Waals surface area contributed by atoms with Gasteiger partial charge in [0.15, 0.2) is 11.5 Å². The first-order valence-corrected chi connectivity index (χ1v) is 16.5. The Hall–Kier alpha value is -4.05. The quantitative estimate of drug-likeness (QED) is 0.290. The molecule has 3 aromatic carbocycles. The molecule has 9 nitrogen and oxygen atoms in total. The molecule has 0 bridgehead atoms. The normalized spacial score (nSPS) is 13.2. The largest absolute Gasteiger partial charge is 0.486 e. The van der Waals surface area contributed by atoms with E-state index >= 15 is 0 Å². The van der Waals surface area contributed by atoms with E-state index in [0.717, 1.165) is 29.4 Å². The number of carbonyl (C=O) groups is 2. The number of aryl methyl sites for hydroxylation is 1. The van der Waals surface area contributed by atoms with E-state index in [2.05, 4.69) is 5.32 Å². The van der Waals surface area contributed by atoms with Crippen LogP contribution in [-0.4, -0.2) is 63.7 Å². The van der Waals surface area contributed by atoms with Gasteiger partial charge in [-0.15, -0.1) is 0 Å². The topological polar surface area (TPSA) is 105 Å². The molecule has 1 heterocycles. The number of benzene rings is 3. The fraction of sp³-hybridized carbons (Fsp3) is 0.394. The Morgan fingerprint density at radius 1 is 0.930 bits per heavy atom. The summed E-state index contributed by atoms with van der Waals surface area (Å²) >= 11 is 0. The SMILES string of the molecule is CCCNC(=O)[C@@H](Cc1ccccc1)N(Cc1cccc(C)c1)C(=O)CCCN(c1ccc2c(c1)OCCO2)S(C)(=O)=O. The zero-order valence-corrected chi connectivity index (χ0v) is 25.9. The van der Waals surface area contributed by atoms with E-state index in [1.807, 2.05) is 68.4 Å². The molecule has 43 heavy (non-hydrogen) atoms. The Balaban J connectivity index is 1.56. The van der Waals surface area contributed by atoms with Crippen LogP contribution < -0.4 is 19.1 Å². The molecule has 2 amide bonds. The van der Waals surface area contributed by atoms with Crippen molar-refractivity contribution in [3.05, 3.63) is 89.5 Å². The van der Waals surface area contributed by atoms with Crippen molar-refractivity contribution in [2.45, 2.75) is 52.1 Å². The summed E-state index contributed by atoms with van der Waals surface area (Å²) in [6.07, 6.45) is 2.61. The molecule has 3 aromatic rings. The number of sulfonamides is 1. The van der Waals surface area contributed by atoms with Gasteiger partial charge in [0.1, 0.15) is 19.3 Å².